The highest BCUT2D eigenvalue weighted by Crippen LogP contribution is 2.31. The van der Waals surface area contributed by atoms with Gasteiger partial charge in [0, 0.05) is 0 Å². The first kappa shape index (κ1) is 12.4. The number of hydrogen-bond donors (Lipinski definition) is 0. The van der Waals surface area contributed by atoms with Crippen LogP contribution in [0.25, 0.3) is 0 Å². The Balaban J connectivity index is 2.84. The topological polar surface area (TPSA) is 33.0 Å². The quantitative estimate of drug-likeness (QED) is 0.796. The normalized spacial score (nSPS) is 12.9. The number of alkyl halides is 3. The van der Waals surface area contributed by atoms with Crippen molar-refractivity contribution in [3.8, 4) is 11.8 Å². The monoisotopic (exact) mass is 229 g/mol. The molecule has 0 radical (unpaired) electrons. The Morgan fingerprint density at radius 1 is 1.31 bits per heavy atom. The van der Waals surface area contributed by atoms with Crippen molar-refractivity contribution in [2.45, 2.75) is 18.5 Å². The summed E-state index contributed by atoms with van der Waals surface area (Å²) in [6.07, 6.45) is -5.46. The molecule has 0 unspecified atom stereocenters. The lowest BCUT2D eigenvalue weighted by molar-refractivity contribution is -0.136. The predicted molar refractivity (Wildman–Crippen MR) is 52.0 cm³/mol. The molecule has 5 heteroatoms. The van der Waals surface area contributed by atoms with Crippen LogP contribution in [0.3, 0.4) is 0 Å². The highest BCUT2D eigenvalue weighted by molar-refractivity contribution is 5.32. The predicted octanol–water partition coefficient (Wildman–Crippen LogP) is 3.25. The Hall–Kier alpha value is -1.70. The van der Waals surface area contributed by atoms with Crippen LogP contribution in [0.15, 0.2) is 24.3 Å². The number of nitrogens with zero attached hydrogens (tertiary/aromatic N) is 1. The van der Waals surface area contributed by atoms with Gasteiger partial charge in [-0.3, -0.25) is 0 Å². The number of benzene rings is 1. The average Bonchev–Trinajstić information content (AvgIpc) is 2.25. The number of rotatable bonds is 3. The molecule has 0 aliphatic carbocycles. The molecule has 1 aromatic rings. The van der Waals surface area contributed by atoms with E-state index in [2.05, 4.69) is 0 Å². The Bertz CT molecular complexity index is 378. The number of nitriles is 1. The van der Waals surface area contributed by atoms with E-state index in [0.717, 1.165) is 0 Å². The summed E-state index contributed by atoms with van der Waals surface area (Å²) in [7, 11) is 1.46. The smallest absolute Gasteiger partial charge is 0.390 e. The van der Waals surface area contributed by atoms with Crippen LogP contribution >= 0.6 is 0 Å². The van der Waals surface area contributed by atoms with Crippen LogP contribution in [0.2, 0.25) is 0 Å². The molecular formula is C11H10F3NO. The fourth-order valence-corrected chi connectivity index (χ4v) is 1.31. The fraction of sp³-hybridized carbons (Fsp3) is 0.364. The minimum atomic E-state index is -4.33. The van der Waals surface area contributed by atoms with Crippen molar-refractivity contribution in [2.75, 3.05) is 7.11 Å². The molecule has 0 heterocycles. The first-order chi connectivity index (χ1) is 7.46. The first-order valence-corrected chi connectivity index (χ1v) is 4.56. The van der Waals surface area contributed by atoms with E-state index >= 15 is 0 Å². The van der Waals surface area contributed by atoms with Gasteiger partial charge in [0.15, 0.2) is 0 Å². The summed E-state index contributed by atoms with van der Waals surface area (Å²) >= 11 is 0. The van der Waals surface area contributed by atoms with Crippen molar-refractivity contribution in [2.24, 2.45) is 0 Å². The summed E-state index contributed by atoms with van der Waals surface area (Å²) in [6.45, 7) is 0. The van der Waals surface area contributed by atoms with Crippen LogP contribution in [-0.4, -0.2) is 13.3 Å². The minimum Gasteiger partial charge on any atom is -0.497 e. The number of ether oxygens (including phenoxy) is 1. The zero-order valence-corrected chi connectivity index (χ0v) is 8.58. The van der Waals surface area contributed by atoms with E-state index in [9.17, 15) is 13.2 Å². The first-order valence-electron chi connectivity index (χ1n) is 4.56. The minimum absolute atomic E-state index is 0.348. The SMILES string of the molecule is COc1ccc([C@@H](C#N)CC(F)(F)F)cc1. The van der Waals surface area contributed by atoms with Crippen molar-refractivity contribution in [1.29, 1.82) is 5.26 Å². The zero-order valence-electron chi connectivity index (χ0n) is 8.58. The van der Waals surface area contributed by atoms with Gasteiger partial charge in [0.05, 0.1) is 25.5 Å². The van der Waals surface area contributed by atoms with Gasteiger partial charge < -0.3 is 4.74 Å². The molecule has 0 aliphatic rings. The van der Waals surface area contributed by atoms with Crippen molar-refractivity contribution in [3.05, 3.63) is 29.8 Å². The van der Waals surface area contributed by atoms with Crippen molar-refractivity contribution in [1.82, 2.24) is 0 Å². The second-order valence-electron chi connectivity index (χ2n) is 3.27. The molecule has 0 amide bonds. The Labute approximate surface area is 91.3 Å². The van der Waals surface area contributed by atoms with Gasteiger partial charge in [0.2, 0.25) is 0 Å². The average molecular weight is 229 g/mol. The molecular weight excluding hydrogens is 219 g/mol. The standard InChI is InChI=1S/C11H10F3NO/c1-16-10-4-2-8(3-5-10)9(7-15)6-11(12,13)14/h2-5,9H,6H2,1H3/t9-/m1/s1. The van der Waals surface area contributed by atoms with Crippen molar-refractivity contribution < 1.29 is 17.9 Å². The molecule has 2 nitrogen and oxygen atoms in total. The van der Waals surface area contributed by atoms with Gasteiger partial charge in [0.25, 0.3) is 0 Å². The molecule has 1 atom stereocenters. The van der Waals surface area contributed by atoms with E-state index in [1.54, 1.807) is 6.07 Å². The van der Waals surface area contributed by atoms with Gasteiger partial charge in [-0.2, -0.15) is 18.4 Å². The van der Waals surface area contributed by atoms with E-state index in [-0.39, 0.29) is 0 Å². The van der Waals surface area contributed by atoms with Gasteiger partial charge in [-0.1, -0.05) is 12.1 Å². The zero-order chi connectivity index (χ0) is 12.2. The number of methoxy groups -OCH3 is 1. The number of hydrogen-bond acceptors (Lipinski definition) is 2. The Morgan fingerprint density at radius 2 is 1.88 bits per heavy atom. The number of halogens is 3. The molecule has 0 aromatic heterocycles. The van der Waals surface area contributed by atoms with E-state index in [0.29, 0.717) is 11.3 Å². The summed E-state index contributed by atoms with van der Waals surface area (Å²) in [5.41, 5.74) is 0.348. The second kappa shape index (κ2) is 4.88. The van der Waals surface area contributed by atoms with E-state index in [1.165, 1.54) is 31.4 Å². The molecule has 1 aromatic carbocycles. The lowest BCUT2D eigenvalue weighted by atomic mass is 9.97. The summed E-state index contributed by atoms with van der Waals surface area (Å²) in [4.78, 5) is 0. The molecule has 0 saturated heterocycles. The van der Waals surface area contributed by atoms with Crippen LogP contribution in [-0.2, 0) is 0 Å². The largest absolute Gasteiger partial charge is 0.497 e. The molecule has 0 spiro atoms. The summed E-state index contributed by atoms with van der Waals surface area (Å²) in [6, 6.07) is 7.67. The molecule has 86 valence electrons. The lowest BCUT2D eigenvalue weighted by Gasteiger charge is -2.12. The van der Waals surface area contributed by atoms with E-state index < -0.39 is 18.5 Å². The van der Waals surface area contributed by atoms with Crippen LogP contribution < -0.4 is 4.74 Å². The third-order valence-electron chi connectivity index (χ3n) is 2.11. The van der Waals surface area contributed by atoms with Crippen molar-refractivity contribution in [3.63, 3.8) is 0 Å². The van der Waals surface area contributed by atoms with Gasteiger partial charge >= 0.3 is 6.18 Å². The van der Waals surface area contributed by atoms with Gasteiger partial charge in [-0.15, -0.1) is 0 Å². The van der Waals surface area contributed by atoms with Gasteiger partial charge in [-0.05, 0) is 17.7 Å². The molecule has 0 N–H and O–H groups in total. The molecule has 16 heavy (non-hydrogen) atoms. The van der Waals surface area contributed by atoms with Crippen LogP contribution in [0.1, 0.15) is 17.9 Å². The van der Waals surface area contributed by atoms with E-state index in [4.69, 9.17) is 10.00 Å². The summed E-state index contributed by atoms with van der Waals surface area (Å²) < 4.78 is 41.3. The third-order valence-corrected chi connectivity index (χ3v) is 2.11. The maximum Gasteiger partial charge on any atom is 0.390 e. The third kappa shape index (κ3) is 3.46. The maximum atomic E-state index is 12.1. The Morgan fingerprint density at radius 3 is 2.25 bits per heavy atom. The maximum absolute atomic E-state index is 12.1. The van der Waals surface area contributed by atoms with E-state index in [1.807, 2.05) is 0 Å². The molecule has 0 fully saturated rings. The molecule has 0 aliphatic heterocycles. The highest BCUT2D eigenvalue weighted by Gasteiger charge is 2.32. The van der Waals surface area contributed by atoms with Gasteiger partial charge in [0.1, 0.15) is 5.75 Å². The lowest BCUT2D eigenvalue weighted by Crippen LogP contribution is -2.12. The molecule has 0 saturated carbocycles. The summed E-state index contributed by atoms with van der Waals surface area (Å²) in [5.74, 6) is -0.613. The fourth-order valence-electron chi connectivity index (χ4n) is 1.31. The van der Waals surface area contributed by atoms with Crippen molar-refractivity contribution >= 4 is 0 Å². The van der Waals surface area contributed by atoms with Crippen LogP contribution in [0.4, 0.5) is 13.2 Å². The molecule has 0 bridgehead atoms. The summed E-state index contributed by atoms with van der Waals surface area (Å²) in [5, 5.41) is 8.69. The molecule has 1 rings (SSSR count). The second-order valence-corrected chi connectivity index (χ2v) is 3.27. The van der Waals surface area contributed by atoms with Gasteiger partial charge in [-0.25, -0.2) is 0 Å². The van der Waals surface area contributed by atoms with Crippen LogP contribution in [0.5, 0.6) is 5.75 Å². The highest BCUT2D eigenvalue weighted by atomic mass is 19.4. The van der Waals surface area contributed by atoms with Crippen LogP contribution in [0, 0.1) is 11.3 Å². The Kier molecular flexibility index (Phi) is 3.78.